The predicted molar refractivity (Wildman–Crippen MR) is 71.9 cm³/mol. The highest BCUT2D eigenvalue weighted by molar-refractivity contribution is 4.93. The van der Waals surface area contributed by atoms with E-state index in [4.69, 9.17) is 5.73 Å². The van der Waals surface area contributed by atoms with Crippen LogP contribution in [0.15, 0.2) is 6.20 Å². The monoisotopic (exact) mass is 251 g/mol. The molecule has 0 bridgehead atoms. The lowest BCUT2D eigenvalue weighted by Crippen LogP contribution is -2.41. The van der Waals surface area contributed by atoms with Gasteiger partial charge in [0.05, 0.1) is 5.69 Å². The lowest BCUT2D eigenvalue weighted by Gasteiger charge is -2.35. The molecule has 1 fully saturated rings. The highest BCUT2D eigenvalue weighted by atomic mass is 15.4. The summed E-state index contributed by atoms with van der Waals surface area (Å²) in [4.78, 5) is 2.55. The third-order valence-electron chi connectivity index (χ3n) is 3.78. The molecule has 0 amide bonds. The minimum atomic E-state index is 0.418. The zero-order chi connectivity index (χ0) is 13.0. The van der Waals surface area contributed by atoms with Crippen LogP contribution >= 0.6 is 0 Å². The Morgan fingerprint density at radius 2 is 2.11 bits per heavy atom. The Bertz CT molecular complexity index is 354. The van der Waals surface area contributed by atoms with Crippen molar-refractivity contribution in [2.24, 2.45) is 12.8 Å². The van der Waals surface area contributed by atoms with Crippen LogP contribution in [0.3, 0.4) is 0 Å². The average Bonchev–Trinajstić information content (AvgIpc) is 2.75. The van der Waals surface area contributed by atoms with Crippen molar-refractivity contribution in [1.82, 2.24) is 19.9 Å². The normalized spacial score (nSPS) is 24.7. The van der Waals surface area contributed by atoms with E-state index in [1.165, 1.54) is 19.3 Å². The summed E-state index contributed by atoms with van der Waals surface area (Å²) in [5.41, 5.74) is 7.05. The maximum atomic E-state index is 5.98. The lowest BCUT2D eigenvalue weighted by atomic mass is 9.90. The van der Waals surface area contributed by atoms with E-state index >= 15 is 0 Å². The topological polar surface area (TPSA) is 60.0 Å². The smallest absolute Gasteiger partial charge is 0.0967 e. The van der Waals surface area contributed by atoms with Crippen LogP contribution in [-0.4, -0.2) is 38.5 Å². The van der Waals surface area contributed by atoms with E-state index in [2.05, 4.69) is 22.1 Å². The Balaban J connectivity index is 1.94. The molecule has 2 rings (SSSR count). The van der Waals surface area contributed by atoms with Gasteiger partial charge in [0.15, 0.2) is 0 Å². The van der Waals surface area contributed by atoms with Gasteiger partial charge >= 0.3 is 0 Å². The van der Waals surface area contributed by atoms with Crippen molar-refractivity contribution in [3.63, 3.8) is 0 Å². The number of hydrogen-bond donors (Lipinski definition) is 1. The Hall–Kier alpha value is -0.940. The van der Waals surface area contributed by atoms with E-state index in [-0.39, 0.29) is 0 Å². The molecule has 0 radical (unpaired) electrons. The third-order valence-corrected chi connectivity index (χ3v) is 3.78. The fourth-order valence-corrected chi connectivity index (χ4v) is 2.82. The lowest BCUT2D eigenvalue weighted by molar-refractivity contribution is 0.140. The van der Waals surface area contributed by atoms with Crippen molar-refractivity contribution in [3.8, 4) is 0 Å². The van der Waals surface area contributed by atoms with Crippen molar-refractivity contribution >= 4 is 0 Å². The molecule has 0 saturated heterocycles. The molecular weight excluding hydrogens is 226 g/mol. The number of nitrogens with zero attached hydrogens (tertiary/aromatic N) is 4. The molecular formula is C13H25N5. The van der Waals surface area contributed by atoms with Crippen molar-refractivity contribution < 1.29 is 0 Å². The maximum Gasteiger partial charge on any atom is 0.0967 e. The summed E-state index contributed by atoms with van der Waals surface area (Å²) in [6.45, 7) is 4.29. The van der Waals surface area contributed by atoms with Gasteiger partial charge in [-0.25, -0.2) is 0 Å². The number of hydrogen-bond acceptors (Lipinski definition) is 4. The first-order valence-corrected chi connectivity index (χ1v) is 7.04. The quantitative estimate of drug-likeness (QED) is 0.857. The van der Waals surface area contributed by atoms with E-state index in [1.807, 2.05) is 13.2 Å². The van der Waals surface area contributed by atoms with Crippen LogP contribution in [0.25, 0.3) is 0 Å². The van der Waals surface area contributed by atoms with Gasteiger partial charge in [0, 0.05) is 31.9 Å². The van der Waals surface area contributed by atoms with Crippen molar-refractivity contribution in [1.29, 1.82) is 0 Å². The summed E-state index contributed by atoms with van der Waals surface area (Å²) in [6, 6.07) is 1.09. The van der Waals surface area contributed by atoms with Gasteiger partial charge in [0.2, 0.25) is 0 Å². The first-order valence-electron chi connectivity index (χ1n) is 7.04. The number of aryl methyl sites for hydroxylation is 1. The van der Waals surface area contributed by atoms with Gasteiger partial charge in [-0.2, -0.15) is 0 Å². The summed E-state index contributed by atoms with van der Waals surface area (Å²) >= 11 is 0. The molecule has 1 saturated carbocycles. The SMILES string of the molecule is CCCN(Cc1cn(C)nn1)C1CCC(N)CC1. The Morgan fingerprint density at radius 3 is 2.67 bits per heavy atom. The maximum absolute atomic E-state index is 5.98. The van der Waals surface area contributed by atoms with Gasteiger partial charge in [-0.05, 0) is 38.6 Å². The van der Waals surface area contributed by atoms with Gasteiger partial charge in [-0.1, -0.05) is 12.1 Å². The molecule has 0 unspecified atom stereocenters. The summed E-state index contributed by atoms with van der Waals surface area (Å²) < 4.78 is 1.77. The van der Waals surface area contributed by atoms with Gasteiger partial charge in [-0.15, -0.1) is 5.10 Å². The predicted octanol–water partition coefficient (Wildman–Crippen LogP) is 1.30. The molecule has 2 N–H and O–H groups in total. The van der Waals surface area contributed by atoms with E-state index in [9.17, 15) is 0 Å². The highest BCUT2D eigenvalue weighted by Crippen LogP contribution is 2.23. The van der Waals surface area contributed by atoms with Gasteiger partial charge in [-0.3, -0.25) is 9.58 Å². The molecule has 18 heavy (non-hydrogen) atoms. The van der Waals surface area contributed by atoms with Crippen LogP contribution in [0.4, 0.5) is 0 Å². The zero-order valence-corrected chi connectivity index (χ0v) is 11.5. The second kappa shape index (κ2) is 6.29. The van der Waals surface area contributed by atoms with Crippen LogP contribution in [0, 0.1) is 0 Å². The first-order chi connectivity index (χ1) is 8.69. The van der Waals surface area contributed by atoms with E-state index < -0.39 is 0 Å². The molecule has 5 heteroatoms. The molecule has 0 aromatic carbocycles. The van der Waals surface area contributed by atoms with E-state index in [0.717, 1.165) is 31.6 Å². The summed E-state index contributed by atoms with van der Waals surface area (Å²) in [7, 11) is 1.92. The minimum absolute atomic E-state index is 0.418. The third kappa shape index (κ3) is 3.53. The van der Waals surface area contributed by atoms with Crippen molar-refractivity contribution in [2.75, 3.05) is 6.54 Å². The number of rotatable bonds is 5. The van der Waals surface area contributed by atoms with E-state index in [1.54, 1.807) is 4.68 Å². The molecule has 1 aliphatic rings. The second-order valence-electron chi connectivity index (χ2n) is 5.42. The summed E-state index contributed by atoms with van der Waals surface area (Å²) in [6.07, 6.45) is 7.96. The fourth-order valence-electron chi connectivity index (χ4n) is 2.82. The van der Waals surface area contributed by atoms with Crippen LogP contribution in [0.5, 0.6) is 0 Å². The van der Waals surface area contributed by atoms with Gasteiger partial charge in [0.25, 0.3) is 0 Å². The van der Waals surface area contributed by atoms with Crippen molar-refractivity contribution in [3.05, 3.63) is 11.9 Å². The summed E-state index contributed by atoms with van der Waals surface area (Å²) in [5.74, 6) is 0. The number of aromatic nitrogens is 3. The first kappa shape index (κ1) is 13.5. The molecule has 1 heterocycles. The van der Waals surface area contributed by atoms with Gasteiger partial charge < -0.3 is 5.73 Å². The van der Waals surface area contributed by atoms with Gasteiger partial charge in [0.1, 0.15) is 0 Å². The largest absolute Gasteiger partial charge is 0.328 e. The molecule has 102 valence electrons. The standard InChI is InChI=1S/C13H25N5/c1-3-8-18(10-12-9-17(2)16-15-12)13-6-4-11(14)5-7-13/h9,11,13H,3-8,10,14H2,1-2H3. The molecule has 0 atom stereocenters. The average molecular weight is 251 g/mol. The molecule has 0 spiro atoms. The highest BCUT2D eigenvalue weighted by Gasteiger charge is 2.24. The minimum Gasteiger partial charge on any atom is -0.328 e. The van der Waals surface area contributed by atoms with Crippen molar-refractivity contribution in [2.45, 2.75) is 57.7 Å². The number of nitrogens with two attached hydrogens (primary N) is 1. The van der Waals surface area contributed by atoms with Crippen LogP contribution in [0.1, 0.15) is 44.7 Å². The van der Waals surface area contributed by atoms with E-state index in [0.29, 0.717) is 12.1 Å². The Morgan fingerprint density at radius 1 is 1.39 bits per heavy atom. The molecule has 1 aliphatic carbocycles. The van der Waals surface area contributed by atoms with Crippen LogP contribution < -0.4 is 5.73 Å². The Kier molecular flexibility index (Phi) is 4.72. The fraction of sp³-hybridized carbons (Fsp3) is 0.846. The zero-order valence-electron chi connectivity index (χ0n) is 11.5. The molecule has 0 aliphatic heterocycles. The second-order valence-corrected chi connectivity index (χ2v) is 5.42. The molecule has 1 aromatic rings. The summed E-state index contributed by atoms with van der Waals surface area (Å²) in [5, 5.41) is 8.20. The van der Waals surface area contributed by atoms with Crippen LogP contribution in [0.2, 0.25) is 0 Å². The Labute approximate surface area is 109 Å². The van der Waals surface area contributed by atoms with Crippen LogP contribution in [-0.2, 0) is 13.6 Å². The molecule has 5 nitrogen and oxygen atoms in total. The molecule has 1 aromatic heterocycles.